The van der Waals surface area contributed by atoms with Gasteiger partial charge in [0.2, 0.25) is 5.95 Å². The zero-order chi connectivity index (χ0) is 10.9. The van der Waals surface area contributed by atoms with Crippen LogP contribution in [0.3, 0.4) is 0 Å². The molecule has 0 fully saturated rings. The number of ether oxygens (including phenoxy) is 1. The number of hydrogen-bond acceptors (Lipinski definition) is 2. The highest BCUT2D eigenvalue weighted by Gasteiger charge is 2.34. The third-order valence-corrected chi connectivity index (χ3v) is 1.43. The molecule has 0 bridgehead atoms. The Morgan fingerprint density at radius 2 is 1.86 bits per heavy atom. The molecule has 0 N–H and O–H groups in total. The molecule has 0 aliphatic rings. The third-order valence-electron chi connectivity index (χ3n) is 1.11. The first kappa shape index (κ1) is 11.0. The maximum atomic E-state index is 12.6. The lowest BCUT2D eigenvalue weighted by Crippen LogP contribution is -2.18. The number of halogens is 6. The predicted molar refractivity (Wildman–Crippen MR) is 35.8 cm³/mol. The van der Waals surface area contributed by atoms with Crippen molar-refractivity contribution in [3.8, 4) is 5.75 Å². The molecular formula is C6HClF5NO. The van der Waals surface area contributed by atoms with Gasteiger partial charge in [-0.2, -0.15) is 4.39 Å². The van der Waals surface area contributed by atoms with Crippen LogP contribution >= 0.6 is 11.6 Å². The molecule has 2 nitrogen and oxygen atoms in total. The average molecular weight is 234 g/mol. The summed E-state index contributed by atoms with van der Waals surface area (Å²) in [5, 5.41) is -1.15. The fourth-order valence-electron chi connectivity index (χ4n) is 0.636. The van der Waals surface area contributed by atoms with E-state index in [0.29, 0.717) is 0 Å². The van der Waals surface area contributed by atoms with Gasteiger partial charge in [0, 0.05) is 0 Å². The molecule has 1 heterocycles. The molecule has 0 amide bonds. The number of nitrogens with zero attached hydrogens (tertiary/aromatic N) is 1. The van der Waals surface area contributed by atoms with E-state index in [0.717, 1.165) is 0 Å². The quantitative estimate of drug-likeness (QED) is 0.550. The van der Waals surface area contributed by atoms with E-state index >= 15 is 0 Å². The Balaban J connectivity index is 3.13. The monoisotopic (exact) mass is 233 g/mol. The highest BCUT2D eigenvalue weighted by Crippen LogP contribution is 2.33. The summed E-state index contributed by atoms with van der Waals surface area (Å²) >= 11 is 5.00. The molecule has 0 aromatic carbocycles. The maximum absolute atomic E-state index is 12.6. The number of pyridine rings is 1. The molecule has 1 aromatic rings. The van der Waals surface area contributed by atoms with Gasteiger partial charge in [0.15, 0.2) is 11.6 Å². The van der Waals surface area contributed by atoms with Gasteiger partial charge in [-0.25, -0.2) is 9.37 Å². The second kappa shape index (κ2) is 3.56. The zero-order valence-electron chi connectivity index (χ0n) is 6.20. The molecule has 14 heavy (non-hydrogen) atoms. The fraction of sp³-hybridized carbons (Fsp3) is 0.167. The van der Waals surface area contributed by atoms with E-state index in [1.54, 1.807) is 0 Å². The van der Waals surface area contributed by atoms with Crippen molar-refractivity contribution in [1.82, 2.24) is 4.98 Å². The fourth-order valence-corrected chi connectivity index (χ4v) is 0.814. The van der Waals surface area contributed by atoms with Crippen LogP contribution in [0.1, 0.15) is 0 Å². The Bertz CT molecular complexity index is 353. The van der Waals surface area contributed by atoms with Crippen LogP contribution in [0.4, 0.5) is 22.0 Å². The summed E-state index contributed by atoms with van der Waals surface area (Å²) in [4.78, 5) is 2.75. The van der Waals surface area contributed by atoms with Gasteiger partial charge >= 0.3 is 6.36 Å². The molecule has 0 spiro atoms. The van der Waals surface area contributed by atoms with Crippen LogP contribution in [0.25, 0.3) is 0 Å². The van der Waals surface area contributed by atoms with Crippen LogP contribution < -0.4 is 4.74 Å². The van der Waals surface area contributed by atoms with Gasteiger partial charge in [-0.1, -0.05) is 11.6 Å². The highest BCUT2D eigenvalue weighted by molar-refractivity contribution is 6.32. The summed E-state index contributed by atoms with van der Waals surface area (Å²) in [7, 11) is 0. The summed E-state index contributed by atoms with van der Waals surface area (Å²) in [5.41, 5.74) is 0. The first-order chi connectivity index (χ1) is 6.31. The van der Waals surface area contributed by atoms with Crippen LogP contribution in [0.15, 0.2) is 6.20 Å². The molecular weight excluding hydrogens is 233 g/mol. The first-order valence-electron chi connectivity index (χ1n) is 3.06. The van der Waals surface area contributed by atoms with Gasteiger partial charge in [0.25, 0.3) is 0 Å². The van der Waals surface area contributed by atoms with Crippen LogP contribution in [0, 0.1) is 11.8 Å². The Morgan fingerprint density at radius 1 is 1.29 bits per heavy atom. The van der Waals surface area contributed by atoms with Crippen LogP contribution in [0.5, 0.6) is 5.75 Å². The first-order valence-corrected chi connectivity index (χ1v) is 3.44. The van der Waals surface area contributed by atoms with Crippen LogP contribution in [0.2, 0.25) is 5.02 Å². The molecule has 0 radical (unpaired) electrons. The molecule has 0 saturated heterocycles. The lowest BCUT2D eigenvalue weighted by Gasteiger charge is -2.10. The van der Waals surface area contributed by atoms with E-state index < -0.39 is 28.9 Å². The molecule has 0 aliphatic carbocycles. The number of hydrogen-bond donors (Lipinski definition) is 0. The SMILES string of the molecule is Fc1cnc(F)c(Cl)c1OC(F)(F)F. The van der Waals surface area contributed by atoms with Gasteiger partial charge in [0.05, 0.1) is 6.20 Å². The molecule has 1 rings (SSSR count). The van der Waals surface area contributed by atoms with Gasteiger partial charge in [-0.15, -0.1) is 13.2 Å². The summed E-state index contributed by atoms with van der Waals surface area (Å²) in [6, 6.07) is 0. The van der Waals surface area contributed by atoms with E-state index in [2.05, 4.69) is 9.72 Å². The Labute approximate surface area is 79.3 Å². The minimum absolute atomic E-state index is 0.238. The highest BCUT2D eigenvalue weighted by atomic mass is 35.5. The number of rotatable bonds is 1. The zero-order valence-corrected chi connectivity index (χ0v) is 6.96. The van der Waals surface area contributed by atoms with Gasteiger partial charge < -0.3 is 4.74 Å². The number of alkyl halides is 3. The van der Waals surface area contributed by atoms with E-state index in [-0.39, 0.29) is 6.20 Å². The predicted octanol–water partition coefficient (Wildman–Crippen LogP) is 2.91. The summed E-state index contributed by atoms with van der Waals surface area (Å²) < 4.78 is 63.2. The van der Waals surface area contributed by atoms with E-state index in [4.69, 9.17) is 11.6 Å². The Kier molecular flexibility index (Phi) is 2.79. The summed E-state index contributed by atoms with van der Waals surface area (Å²) in [6.45, 7) is 0. The van der Waals surface area contributed by atoms with Crippen molar-refractivity contribution in [1.29, 1.82) is 0 Å². The summed E-state index contributed by atoms with van der Waals surface area (Å²) in [5.74, 6) is -4.35. The molecule has 0 saturated carbocycles. The maximum Gasteiger partial charge on any atom is 0.573 e. The van der Waals surface area contributed by atoms with Crippen molar-refractivity contribution in [2.45, 2.75) is 6.36 Å². The largest absolute Gasteiger partial charge is 0.573 e. The second-order valence-corrected chi connectivity index (χ2v) is 2.47. The molecule has 0 unspecified atom stereocenters. The summed E-state index contributed by atoms with van der Waals surface area (Å²) in [6.07, 6.45) is -4.90. The standard InChI is InChI=1S/C6HClF5NO/c7-3-4(14-6(10,11)12)2(8)1-13-5(3)9/h1H. The third kappa shape index (κ3) is 2.44. The van der Waals surface area contributed by atoms with Crippen LogP contribution in [-0.4, -0.2) is 11.3 Å². The molecule has 78 valence electrons. The molecule has 0 aliphatic heterocycles. The van der Waals surface area contributed by atoms with E-state index in [1.807, 2.05) is 0 Å². The molecule has 0 atom stereocenters. The smallest absolute Gasteiger partial charge is 0.401 e. The van der Waals surface area contributed by atoms with Crippen molar-refractivity contribution >= 4 is 11.6 Å². The van der Waals surface area contributed by atoms with Gasteiger partial charge in [-0.05, 0) is 0 Å². The second-order valence-electron chi connectivity index (χ2n) is 2.09. The Morgan fingerprint density at radius 3 is 2.36 bits per heavy atom. The van der Waals surface area contributed by atoms with Crippen LogP contribution in [-0.2, 0) is 0 Å². The van der Waals surface area contributed by atoms with Crippen molar-refractivity contribution in [2.75, 3.05) is 0 Å². The van der Waals surface area contributed by atoms with Crippen molar-refractivity contribution in [3.05, 3.63) is 23.0 Å². The van der Waals surface area contributed by atoms with Crippen molar-refractivity contribution in [2.24, 2.45) is 0 Å². The Hall–Kier alpha value is -1.11. The average Bonchev–Trinajstić information content (AvgIpc) is 2.04. The van der Waals surface area contributed by atoms with E-state index in [9.17, 15) is 22.0 Å². The van der Waals surface area contributed by atoms with Gasteiger partial charge in [-0.3, -0.25) is 0 Å². The van der Waals surface area contributed by atoms with Crippen molar-refractivity contribution < 1.29 is 26.7 Å². The van der Waals surface area contributed by atoms with E-state index in [1.165, 1.54) is 0 Å². The van der Waals surface area contributed by atoms with Gasteiger partial charge in [0.1, 0.15) is 5.02 Å². The minimum Gasteiger partial charge on any atom is -0.401 e. The topological polar surface area (TPSA) is 22.1 Å². The normalized spacial score (nSPS) is 11.6. The number of aromatic nitrogens is 1. The molecule has 8 heteroatoms. The lowest BCUT2D eigenvalue weighted by molar-refractivity contribution is -0.275. The molecule has 1 aromatic heterocycles. The minimum atomic E-state index is -5.14. The lowest BCUT2D eigenvalue weighted by atomic mass is 10.4. The van der Waals surface area contributed by atoms with Crippen molar-refractivity contribution in [3.63, 3.8) is 0 Å².